The lowest BCUT2D eigenvalue weighted by atomic mass is 10.2. The SMILES string of the molecule is O=C(O)c1c(N2CCCC2)c2c(Cl)c(F)ccc2n1-c1ccccc1. The highest BCUT2D eigenvalue weighted by molar-refractivity contribution is 6.37. The molecule has 2 aromatic carbocycles. The van der Waals surface area contributed by atoms with Gasteiger partial charge in [-0.3, -0.25) is 0 Å². The van der Waals surface area contributed by atoms with Crippen LogP contribution in [0, 0.1) is 5.82 Å². The number of carbonyl (C=O) groups is 1. The molecule has 0 saturated carbocycles. The van der Waals surface area contributed by atoms with Gasteiger partial charge in [0.25, 0.3) is 0 Å². The number of nitrogens with zero attached hydrogens (tertiary/aromatic N) is 2. The summed E-state index contributed by atoms with van der Waals surface area (Å²) in [5.74, 6) is -1.60. The van der Waals surface area contributed by atoms with E-state index in [0.717, 1.165) is 25.9 Å². The van der Waals surface area contributed by atoms with Crippen LogP contribution in [0.15, 0.2) is 42.5 Å². The Bertz CT molecular complexity index is 963. The number of hydrogen-bond donors (Lipinski definition) is 1. The first-order valence-corrected chi connectivity index (χ1v) is 8.53. The molecule has 1 N–H and O–H groups in total. The van der Waals surface area contributed by atoms with Crippen LogP contribution < -0.4 is 4.90 Å². The molecule has 0 bridgehead atoms. The molecule has 1 saturated heterocycles. The molecule has 25 heavy (non-hydrogen) atoms. The summed E-state index contributed by atoms with van der Waals surface area (Å²) < 4.78 is 15.8. The number of hydrogen-bond acceptors (Lipinski definition) is 2. The second-order valence-electron chi connectivity index (χ2n) is 6.12. The predicted octanol–water partition coefficient (Wildman–Crippen LogP) is 4.72. The maximum absolute atomic E-state index is 14.2. The molecule has 1 fully saturated rings. The molecule has 1 aliphatic rings. The molecule has 6 heteroatoms. The van der Waals surface area contributed by atoms with Gasteiger partial charge in [-0.25, -0.2) is 9.18 Å². The van der Waals surface area contributed by atoms with E-state index < -0.39 is 11.8 Å². The number of aromatic nitrogens is 1. The van der Waals surface area contributed by atoms with Crippen LogP contribution in [-0.4, -0.2) is 28.7 Å². The number of para-hydroxylation sites is 1. The molecular weight excluding hydrogens is 343 g/mol. The molecule has 4 rings (SSSR count). The Morgan fingerprint density at radius 1 is 1.08 bits per heavy atom. The minimum Gasteiger partial charge on any atom is -0.476 e. The molecule has 0 unspecified atom stereocenters. The zero-order valence-electron chi connectivity index (χ0n) is 13.4. The normalized spacial score (nSPS) is 14.4. The Labute approximate surface area is 149 Å². The summed E-state index contributed by atoms with van der Waals surface area (Å²) in [6.45, 7) is 1.47. The fraction of sp³-hybridized carbons (Fsp3) is 0.211. The van der Waals surface area contributed by atoms with Gasteiger partial charge in [-0.15, -0.1) is 0 Å². The minimum atomic E-state index is -1.06. The van der Waals surface area contributed by atoms with Gasteiger partial charge in [0.05, 0.1) is 16.2 Å². The van der Waals surface area contributed by atoms with Crippen LogP contribution in [0.3, 0.4) is 0 Å². The van der Waals surface area contributed by atoms with Crippen LogP contribution in [0.5, 0.6) is 0 Å². The van der Waals surface area contributed by atoms with Crippen molar-refractivity contribution in [1.82, 2.24) is 4.57 Å². The Balaban J connectivity index is 2.16. The lowest BCUT2D eigenvalue weighted by Gasteiger charge is -2.18. The molecular formula is C19H16ClFN2O2. The second-order valence-corrected chi connectivity index (χ2v) is 6.50. The van der Waals surface area contributed by atoms with E-state index in [2.05, 4.69) is 0 Å². The van der Waals surface area contributed by atoms with Gasteiger partial charge in [-0.1, -0.05) is 29.8 Å². The number of carboxylic acid groups (broad SMARTS) is 1. The maximum Gasteiger partial charge on any atom is 0.355 e. The van der Waals surface area contributed by atoms with Crippen molar-refractivity contribution in [3.63, 3.8) is 0 Å². The third-order valence-electron chi connectivity index (χ3n) is 4.64. The van der Waals surface area contributed by atoms with Gasteiger partial charge in [0.1, 0.15) is 5.82 Å². The summed E-state index contributed by atoms with van der Waals surface area (Å²) in [5.41, 5.74) is 1.93. The Hall–Kier alpha value is -2.53. The van der Waals surface area contributed by atoms with E-state index in [1.807, 2.05) is 35.2 Å². The summed E-state index contributed by atoms with van der Waals surface area (Å²) in [4.78, 5) is 14.2. The van der Waals surface area contributed by atoms with Gasteiger partial charge in [0.2, 0.25) is 0 Å². The van der Waals surface area contributed by atoms with E-state index in [9.17, 15) is 14.3 Å². The summed E-state index contributed by atoms with van der Waals surface area (Å²) in [5, 5.41) is 10.4. The van der Waals surface area contributed by atoms with E-state index in [1.54, 1.807) is 10.6 Å². The molecule has 128 valence electrons. The molecule has 3 aromatic rings. The van der Waals surface area contributed by atoms with Crippen LogP contribution in [0.4, 0.5) is 10.1 Å². The second kappa shape index (κ2) is 6.08. The Kier molecular flexibility index (Phi) is 3.88. The average Bonchev–Trinajstić information content (AvgIpc) is 3.24. The topological polar surface area (TPSA) is 45.5 Å². The van der Waals surface area contributed by atoms with E-state index in [4.69, 9.17) is 11.6 Å². The van der Waals surface area contributed by atoms with Crippen LogP contribution in [0.25, 0.3) is 16.6 Å². The van der Waals surface area contributed by atoms with Gasteiger partial charge in [-0.05, 0) is 37.1 Å². The molecule has 2 heterocycles. The van der Waals surface area contributed by atoms with Crippen molar-refractivity contribution in [3.8, 4) is 5.69 Å². The lowest BCUT2D eigenvalue weighted by Crippen LogP contribution is -2.21. The van der Waals surface area contributed by atoms with Crippen LogP contribution >= 0.6 is 11.6 Å². The van der Waals surface area contributed by atoms with Gasteiger partial charge >= 0.3 is 5.97 Å². The van der Waals surface area contributed by atoms with E-state index in [-0.39, 0.29) is 10.7 Å². The molecule has 4 nitrogen and oxygen atoms in total. The number of carboxylic acids is 1. The maximum atomic E-state index is 14.2. The van der Waals surface area contributed by atoms with Crippen molar-refractivity contribution in [2.45, 2.75) is 12.8 Å². The molecule has 0 aliphatic carbocycles. The number of aromatic carboxylic acids is 1. The summed E-state index contributed by atoms with van der Waals surface area (Å²) in [6.07, 6.45) is 1.95. The largest absolute Gasteiger partial charge is 0.476 e. The van der Waals surface area contributed by atoms with Crippen molar-refractivity contribution in [3.05, 3.63) is 59.0 Å². The fourth-order valence-corrected chi connectivity index (χ4v) is 3.84. The van der Waals surface area contributed by atoms with E-state index in [1.165, 1.54) is 6.07 Å². The minimum absolute atomic E-state index is 0.0309. The number of fused-ring (bicyclic) bond motifs is 1. The summed E-state index contributed by atoms with van der Waals surface area (Å²) in [7, 11) is 0. The van der Waals surface area contributed by atoms with Gasteiger partial charge < -0.3 is 14.6 Å². The van der Waals surface area contributed by atoms with Crippen molar-refractivity contribution in [2.75, 3.05) is 18.0 Å². The van der Waals surface area contributed by atoms with E-state index >= 15 is 0 Å². The zero-order valence-corrected chi connectivity index (χ0v) is 14.1. The van der Waals surface area contributed by atoms with Crippen LogP contribution in [-0.2, 0) is 0 Å². The molecule has 1 aromatic heterocycles. The highest BCUT2D eigenvalue weighted by Gasteiger charge is 2.30. The quantitative estimate of drug-likeness (QED) is 0.736. The van der Waals surface area contributed by atoms with Crippen molar-refractivity contribution < 1.29 is 14.3 Å². The van der Waals surface area contributed by atoms with Gasteiger partial charge in [0.15, 0.2) is 5.69 Å². The molecule has 0 spiro atoms. The molecule has 1 aliphatic heterocycles. The Morgan fingerprint density at radius 3 is 2.40 bits per heavy atom. The molecule has 0 radical (unpaired) electrons. The van der Waals surface area contributed by atoms with Crippen molar-refractivity contribution in [1.29, 1.82) is 0 Å². The first-order valence-electron chi connectivity index (χ1n) is 8.15. The number of anilines is 1. The first-order chi connectivity index (χ1) is 12.1. The number of rotatable bonds is 3. The highest BCUT2D eigenvalue weighted by atomic mass is 35.5. The standard InChI is InChI=1S/C19H16ClFN2O2/c20-16-13(21)8-9-14-15(16)17(22-10-4-5-11-22)18(19(24)25)23(14)12-6-2-1-3-7-12/h1-3,6-9H,4-5,10-11H2,(H,24,25). The monoisotopic (exact) mass is 358 g/mol. The van der Waals surface area contributed by atoms with Crippen molar-refractivity contribution >= 4 is 34.2 Å². The van der Waals surface area contributed by atoms with Gasteiger partial charge in [-0.2, -0.15) is 0 Å². The number of halogens is 2. The zero-order chi connectivity index (χ0) is 17.6. The van der Waals surface area contributed by atoms with Gasteiger partial charge in [0, 0.05) is 24.2 Å². The highest BCUT2D eigenvalue weighted by Crippen LogP contribution is 2.42. The molecule has 0 amide bonds. The lowest BCUT2D eigenvalue weighted by molar-refractivity contribution is 0.0689. The van der Waals surface area contributed by atoms with Crippen LogP contribution in [0.1, 0.15) is 23.3 Å². The Morgan fingerprint density at radius 2 is 1.76 bits per heavy atom. The molecule has 0 atom stereocenters. The third kappa shape index (κ3) is 2.46. The predicted molar refractivity (Wildman–Crippen MR) is 96.6 cm³/mol. The smallest absolute Gasteiger partial charge is 0.355 e. The third-order valence-corrected chi connectivity index (χ3v) is 5.01. The fourth-order valence-electron chi connectivity index (χ4n) is 3.59. The average molecular weight is 359 g/mol. The first kappa shape index (κ1) is 16.0. The van der Waals surface area contributed by atoms with E-state index in [0.29, 0.717) is 22.3 Å². The number of benzene rings is 2. The van der Waals surface area contributed by atoms with Crippen molar-refractivity contribution in [2.24, 2.45) is 0 Å². The summed E-state index contributed by atoms with van der Waals surface area (Å²) in [6, 6.07) is 12.1. The summed E-state index contributed by atoms with van der Waals surface area (Å²) >= 11 is 6.28. The van der Waals surface area contributed by atoms with Crippen LogP contribution in [0.2, 0.25) is 5.02 Å².